The highest BCUT2D eigenvalue weighted by molar-refractivity contribution is 7.99. The molecule has 1 aromatic carbocycles. The number of thiazole rings is 1. The van der Waals surface area contributed by atoms with E-state index >= 15 is 0 Å². The fourth-order valence-corrected chi connectivity index (χ4v) is 4.31. The zero-order chi connectivity index (χ0) is 14.8. The van der Waals surface area contributed by atoms with E-state index in [0.29, 0.717) is 0 Å². The van der Waals surface area contributed by atoms with Gasteiger partial charge in [0, 0.05) is 37.6 Å². The van der Waals surface area contributed by atoms with Gasteiger partial charge in [0.2, 0.25) is 0 Å². The maximum absolute atomic E-state index is 4.31. The number of rotatable bonds is 4. The molecule has 3 heterocycles. The van der Waals surface area contributed by atoms with Crippen LogP contribution in [0.15, 0.2) is 29.9 Å². The molecule has 114 valence electrons. The van der Waals surface area contributed by atoms with Crippen molar-refractivity contribution in [2.45, 2.75) is 6.42 Å². The largest absolute Gasteiger partial charge is 0.301 e. The van der Waals surface area contributed by atoms with Crippen molar-refractivity contribution in [3.8, 4) is 5.69 Å². The Kier molecular flexibility index (Phi) is 4.09. The average Bonchev–Trinajstić information content (AvgIpc) is 3.22. The molecular formula is C15H17N5S2. The van der Waals surface area contributed by atoms with Crippen LogP contribution in [0.25, 0.3) is 15.9 Å². The van der Waals surface area contributed by atoms with Crippen LogP contribution in [0.3, 0.4) is 0 Å². The number of fused-ring (bicyclic) bond motifs is 1. The summed E-state index contributed by atoms with van der Waals surface area (Å²) in [6.07, 6.45) is 3.01. The fraction of sp³-hybridized carbons (Fsp3) is 0.400. The van der Waals surface area contributed by atoms with Crippen molar-refractivity contribution >= 4 is 33.3 Å². The van der Waals surface area contributed by atoms with Gasteiger partial charge in [-0.15, -0.1) is 16.4 Å². The Morgan fingerprint density at radius 1 is 1.18 bits per heavy atom. The van der Waals surface area contributed by atoms with E-state index in [4.69, 9.17) is 0 Å². The molecule has 1 aliphatic rings. The third-order valence-corrected chi connectivity index (χ3v) is 5.64. The van der Waals surface area contributed by atoms with Gasteiger partial charge in [-0.05, 0) is 18.2 Å². The first-order chi connectivity index (χ1) is 10.9. The minimum absolute atomic E-state index is 0.966. The van der Waals surface area contributed by atoms with Crippen LogP contribution in [0.1, 0.15) is 5.69 Å². The van der Waals surface area contributed by atoms with E-state index in [1.807, 2.05) is 40.3 Å². The minimum atomic E-state index is 0.966. The van der Waals surface area contributed by atoms with Crippen molar-refractivity contribution in [3.05, 3.63) is 35.6 Å². The van der Waals surface area contributed by atoms with Gasteiger partial charge in [-0.2, -0.15) is 11.8 Å². The number of benzene rings is 1. The van der Waals surface area contributed by atoms with Crippen molar-refractivity contribution in [2.24, 2.45) is 0 Å². The highest BCUT2D eigenvalue weighted by Gasteiger charge is 2.11. The maximum Gasteiger partial charge on any atom is 0.0844 e. The lowest BCUT2D eigenvalue weighted by Crippen LogP contribution is -2.34. The maximum atomic E-state index is 4.31. The number of hydrogen-bond donors (Lipinski definition) is 0. The standard InChI is InChI=1S/C15H17N5S2/c1-2-14-15(22-11-16-14)9-13(1)20-10-12(17-18-20)3-4-19-5-7-21-8-6-19/h1-2,9-11H,3-8H2. The Hall–Kier alpha value is -1.44. The molecule has 0 bridgehead atoms. The number of hydrogen-bond acceptors (Lipinski definition) is 6. The van der Waals surface area contributed by atoms with Gasteiger partial charge in [-0.1, -0.05) is 5.21 Å². The molecule has 0 atom stereocenters. The predicted octanol–water partition coefficient (Wildman–Crippen LogP) is 2.47. The quantitative estimate of drug-likeness (QED) is 0.735. The van der Waals surface area contributed by atoms with Crippen LogP contribution in [0.2, 0.25) is 0 Å². The van der Waals surface area contributed by atoms with Gasteiger partial charge < -0.3 is 4.90 Å². The predicted molar refractivity (Wildman–Crippen MR) is 92.0 cm³/mol. The van der Waals surface area contributed by atoms with E-state index in [1.165, 1.54) is 29.3 Å². The summed E-state index contributed by atoms with van der Waals surface area (Å²) < 4.78 is 3.04. The second kappa shape index (κ2) is 6.36. The molecule has 3 aromatic rings. The van der Waals surface area contributed by atoms with Crippen molar-refractivity contribution in [1.82, 2.24) is 24.9 Å². The van der Waals surface area contributed by atoms with Crippen LogP contribution in [0.4, 0.5) is 0 Å². The third-order valence-electron chi connectivity index (χ3n) is 3.91. The van der Waals surface area contributed by atoms with Crippen LogP contribution in [0.5, 0.6) is 0 Å². The minimum Gasteiger partial charge on any atom is -0.301 e. The summed E-state index contributed by atoms with van der Waals surface area (Å²) in [6.45, 7) is 3.47. The normalized spacial score (nSPS) is 16.4. The van der Waals surface area contributed by atoms with E-state index in [-0.39, 0.29) is 0 Å². The molecule has 0 saturated carbocycles. The Bertz CT molecular complexity index is 760. The zero-order valence-electron chi connectivity index (χ0n) is 12.2. The van der Waals surface area contributed by atoms with Crippen LogP contribution < -0.4 is 0 Å². The van der Waals surface area contributed by atoms with Gasteiger partial charge in [0.25, 0.3) is 0 Å². The van der Waals surface area contributed by atoms with Crippen molar-refractivity contribution in [2.75, 3.05) is 31.1 Å². The zero-order valence-corrected chi connectivity index (χ0v) is 13.8. The number of thioether (sulfide) groups is 1. The Morgan fingerprint density at radius 2 is 2.09 bits per heavy atom. The molecule has 0 aliphatic carbocycles. The number of aromatic nitrogens is 4. The van der Waals surface area contributed by atoms with Gasteiger partial charge in [0.15, 0.2) is 0 Å². The summed E-state index contributed by atoms with van der Waals surface area (Å²) in [5.41, 5.74) is 5.02. The molecule has 1 saturated heterocycles. The highest BCUT2D eigenvalue weighted by atomic mass is 32.2. The summed E-state index contributed by atoms with van der Waals surface area (Å²) >= 11 is 3.70. The molecule has 0 unspecified atom stereocenters. The smallest absolute Gasteiger partial charge is 0.0844 e. The molecule has 0 N–H and O–H groups in total. The van der Waals surface area contributed by atoms with Crippen LogP contribution in [0, 0.1) is 0 Å². The molecule has 22 heavy (non-hydrogen) atoms. The van der Waals surface area contributed by atoms with Crippen molar-refractivity contribution in [3.63, 3.8) is 0 Å². The lowest BCUT2D eigenvalue weighted by Gasteiger charge is -2.25. The van der Waals surface area contributed by atoms with Gasteiger partial charge in [0.1, 0.15) is 0 Å². The molecule has 7 heteroatoms. The summed E-state index contributed by atoms with van der Waals surface area (Å²) in [4.78, 5) is 6.82. The first-order valence-electron chi connectivity index (χ1n) is 7.43. The molecule has 1 aliphatic heterocycles. The second-order valence-electron chi connectivity index (χ2n) is 5.36. The van der Waals surface area contributed by atoms with E-state index < -0.39 is 0 Å². The molecular weight excluding hydrogens is 314 g/mol. The van der Waals surface area contributed by atoms with Gasteiger partial charge in [-0.3, -0.25) is 0 Å². The summed E-state index contributed by atoms with van der Waals surface area (Å²) in [5.74, 6) is 2.50. The molecule has 0 radical (unpaired) electrons. The monoisotopic (exact) mass is 331 g/mol. The van der Waals surface area contributed by atoms with Crippen LogP contribution in [-0.2, 0) is 6.42 Å². The van der Waals surface area contributed by atoms with E-state index in [9.17, 15) is 0 Å². The van der Waals surface area contributed by atoms with Crippen molar-refractivity contribution < 1.29 is 0 Å². The van der Waals surface area contributed by atoms with Gasteiger partial charge >= 0.3 is 0 Å². The first kappa shape index (κ1) is 14.2. The van der Waals surface area contributed by atoms with E-state index in [2.05, 4.69) is 26.3 Å². The second-order valence-corrected chi connectivity index (χ2v) is 7.47. The van der Waals surface area contributed by atoms with E-state index in [0.717, 1.165) is 29.9 Å². The molecule has 1 fully saturated rings. The Balaban J connectivity index is 1.46. The Morgan fingerprint density at radius 3 is 3.00 bits per heavy atom. The highest BCUT2D eigenvalue weighted by Crippen LogP contribution is 2.21. The van der Waals surface area contributed by atoms with E-state index in [1.54, 1.807) is 11.3 Å². The van der Waals surface area contributed by atoms with Gasteiger partial charge in [-0.25, -0.2) is 9.67 Å². The first-order valence-corrected chi connectivity index (χ1v) is 9.47. The summed E-state index contributed by atoms with van der Waals surface area (Å²) in [7, 11) is 0. The molecule has 0 spiro atoms. The topological polar surface area (TPSA) is 46.8 Å². The summed E-state index contributed by atoms with van der Waals surface area (Å²) in [5, 5.41) is 8.58. The van der Waals surface area contributed by atoms with Gasteiger partial charge in [0.05, 0.1) is 33.3 Å². The molecule has 2 aromatic heterocycles. The lowest BCUT2D eigenvalue weighted by atomic mass is 10.3. The third kappa shape index (κ3) is 3.02. The fourth-order valence-electron chi connectivity index (χ4n) is 2.62. The van der Waals surface area contributed by atoms with Crippen molar-refractivity contribution in [1.29, 1.82) is 0 Å². The Labute approximate surface area is 137 Å². The molecule has 0 amide bonds. The molecule has 4 rings (SSSR count). The SMILES string of the molecule is c1nc2ccc(-n3cc(CCN4CCSCC4)nn3)cc2s1. The van der Waals surface area contributed by atoms with Crippen LogP contribution in [-0.4, -0.2) is 56.0 Å². The number of nitrogens with zero attached hydrogens (tertiary/aromatic N) is 5. The summed E-state index contributed by atoms with van der Waals surface area (Å²) in [6, 6.07) is 6.20. The van der Waals surface area contributed by atoms with Crippen LogP contribution >= 0.6 is 23.1 Å². The molecule has 5 nitrogen and oxygen atoms in total. The average molecular weight is 331 g/mol. The lowest BCUT2D eigenvalue weighted by molar-refractivity contribution is 0.305.